The predicted octanol–water partition coefficient (Wildman–Crippen LogP) is 5.15. The van der Waals surface area contributed by atoms with E-state index in [1.807, 2.05) is 84.9 Å². The second kappa shape index (κ2) is 7.33. The second-order valence-corrected chi connectivity index (χ2v) is 6.05. The van der Waals surface area contributed by atoms with E-state index in [0.717, 1.165) is 27.6 Å². The highest BCUT2D eigenvalue weighted by atomic mass is 35.5. The summed E-state index contributed by atoms with van der Waals surface area (Å²) < 4.78 is 0. The molecule has 4 aromatic rings. The minimum atomic E-state index is 0.376. The summed E-state index contributed by atoms with van der Waals surface area (Å²) in [6.45, 7) is 0. The van der Waals surface area contributed by atoms with E-state index in [1.165, 1.54) is 0 Å². The number of hydrazone groups is 1. The normalized spacial score (nSPS) is 10.5. The summed E-state index contributed by atoms with van der Waals surface area (Å²) in [7, 11) is 0. The molecule has 0 saturated carbocycles. The zero-order valence-corrected chi connectivity index (χ0v) is 14.6. The summed E-state index contributed by atoms with van der Waals surface area (Å²) in [5.74, 6) is 0.564. The van der Waals surface area contributed by atoms with Crippen molar-refractivity contribution < 1.29 is 0 Å². The van der Waals surface area contributed by atoms with Crippen molar-refractivity contribution in [3.63, 3.8) is 0 Å². The van der Waals surface area contributed by atoms with E-state index in [2.05, 4.69) is 20.7 Å². The molecule has 0 aliphatic carbocycles. The molecule has 5 heteroatoms. The molecule has 0 radical (unpaired) electrons. The lowest BCUT2D eigenvalue weighted by molar-refractivity contribution is 1.04. The molecule has 4 rings (SSSR count). The standard InChI is InChI=1S/C21H15ClN4/c22-20-17-13-7-8-14-18(17)21(26-24-20)25-23-19(15-9-3-1-4-10-15)16-11-5-2-6-12-16/h1-14H,(H,25,26). The lowest BCUT2D eigenvalue weighted by atomic mass is 10.0. The van der Waals surface area contributed by atoms with E-state index >= 15 is 0 Å². The van der Waals surface area contributed by atoms with Crippen molar-refractivity contribution in [3.8, 4) is 0 Å². The van der Waals surface area contributed by atoms with Crippen LogP contribution >= 0.6 is 11.6 Å². The van der Waals surface area contributed by atoms with Gasteiger partial charge in [-0.3, -0.25) is 5.43 Å². The van der Waals surface area contributed by atoms with Crippen LogP contribution in [0.1, 0.15) is 11.1 Å². The summed E-state index contributed by atoms with van der Waals surface area (Å²) >= 11 is 6.15. The molecule has 1 aromatic heterocycles. The fraction of sp³-hybridized carbons (Fsp3) is 0. The van der Waals surface area contributed by atoms with E-state index in [4.69, 9.17) is 11.6 Å². The first kappa shape index (κ1) is 16.2. The Morgan fingerprint density at radius 1 is 0.692 bits per heavy atom. The van der Waals surface area contributed by atoms with Crippen LogP contribution in [0, 0.1) is 0 Å². The number of nitrogens with one attached hydrogen (secondary N) is 1. The third kappa shape index (κ3) is 3.27. The molecule has 0 atom stereocenters. The molecule has 4 nitrogen and oxygen atoms in total. The number of aromatic nitrogens is 2. The van der Waals surface area contributed by atoms with Gasteiger partial charge in [-0.05, 0) is 0 Å². The van der Waals surface area contributed by atoms with Crippen LogP contribution in [-0.4, -0.2) is 15.9 Å². The van der Waals surface area contributed by atoms with Gasteiger partial charge in [-0.15, -0.1) is 10.2 Å². The predicted molar refractivity (Wildman–Crippen MR) is 107 cm³/mol. The zero-order chi connectivity index (χ0) is 17.8. The molecular weight excluding hydrogens is 344 g/mol. The molecule has 0 aliphatic heterocycles. The van der Waals surface area contributed by atoms with Crippen LogP contribution in [0.3, 0.4) is 0 Å². The van der Waals surface area contributed by atoms with E-state index in [0.29, 0.717) is 11.0 Å². The van der Waals surface area contributed by atoms with Crippen LogP contribution < -0.4 is 5.43 Å². The average molecular weight is 359 g/mol. The van der Waals surface area contributed by atoms with Gasteiger partial charge < -0.3 is 0 Å². The molecule has 0 saturated heterocycles. The maximum absolute atomic E-state index is 6.15. The monoisotopic (exact) mass is 358 g/mol. The molecule has 0 unspecified atom stereocenters. The van der Waals surface area contributed by atoms with Gasteiger partial charge in [0.1, 0.15) is 0 Å². The fourth-order valence-electron chi connectivity index (χ4n) is 2.75. The van der Waals surface area contributed by atoms with Crippen LogP contribution in [-0.2, 0) is 0 Å². The largest absolute Gasteiger partial charge is 0.259 e. The highest BCUT2D eigenvalue weighted by molar-refractivity contribution is 6.34. The van der Waals surface area contributed by atoms with Gasteiger partial charge in [-0.1, -0.05) is 96.5 Å². The topological polar surface area (TPSA) is 50.2 Å². The molecule has 0 fully saturated rings. The number of nitrogens with zero attached hydrogens (tertiary/aromatic N) is 3. The molecule has 126 valence electrons. The highest BCUT2D eigenvalue weighted by Gasteiger charge is 2.09. The Labute approximate surface area is 156 Å². The molecule has 1 N–H and O–H groups in total. The molecule has 0 spiro atoms. The number of halogens is 1. The number of fused-ring (bicyclic) bond motifs is 1. The Morgan fingerprint density at radius 2 is 1.23 bits per heavy atom. The third-order valence-corrected chi connectivity index (χ3v) is 4.29. The van der Waals surface area contributed by atoms with E-state index in [-0.39, 0.29) is 0 Å². The van der Waals surface area contributed by atoms with Crippen molar-refractivity contribution >= 4 is 33.9 Å². The lowest BCUT2D eigenvalue weighted by Gasteiger charge is -2.09. The molecule has 3 aromatic carbocycles. The quantitative estimate of drug-likeness (QED) is 0.405. The first-order valence-electron chi connectivity index (χ1n) is 8.18. The van der Waals surface area contributed by atoms with Gasteiger partial charge in [0.2, 0.25) is 0 Å². The number of rotatable bonds is 4. The van der Waals surface area contributed by atoms with Crippen molar-refractivity contribution in [2.45, 2.75) is 0 Å². The van der Waals surface area contributed by atoms with Gasteiger partial charge in [0, 0.05) is 21.9 Å². The number of benzene rings is 3. The molecule has 1 heterocycles. The maximum atomic E-state index is 6.15. The maximum Gasteiger partial charge on any atom is 0.176 e. The Balaban J connectivity index is 1.79. The molecule has 0 aliphatic rings. The summed E-state index contributed by atoms with van der Waals surface area (Å²) in [6.07, 6.45) is 0. The van der Waals surface area contributed by atoms with Gasteiger partial charge in [0.05, 0.1) is 5.71 Å². The minimum Gasteiger partial charge on any atom is -0.259 e. The van der Waals surface area contributed by atoms with Crippen molar-refractivity contribution in [1.29, 1.82) is 0 Å². The van der Waals surface area contributed by atoms with Gasteiger partial charge in [-0.2, -0.15) is 5.10 Å². The fourth-order valence-corrected chi connectivity index (χ4v) is 2.95. The number of hydrogen-bond donors (Lipinski definition) is 1. The van der Waals surface area contributed by atoms with Crippen LogP contribution in [0.15, 0.2) is 90.0 Å². The van der Waals surface area contributed by atoms with E-state index < -0.39 is 0 Å². The SMILES string of the molecule is Clc1nnc(NN=C(c2ccccc2)c2ccccc2)c2ccccc12. The summed E-state index contributed by atoms with van der Waals surface area (Å²) in [4.78, 5) is 0. The van der Waals surface area contributed by atoms with E-state index in [9.17, 15) is 0 Å². The smallest absolute Gasteiger partial charge is 0.176 e. The van der Waals surface area contributed by atoms with Gasteiger partial charge in [0.25, 0.3) is 0 Å². The van der Waals surface area contributed by atoms with E-state index in [1.54, 1.807) is 0 Å². The highest BCUT2D eigenvalue weighted by Crippen LogP contribution is 2.25. The number of anilines is 1. The Bertz CT molecular complexity index is 1020. The second-order valence-electron chi connectivity index (χ2n) is 5.69. The minimum absolute atomic E-state index is 0.376. The Hall–Kier alpha value is -3.24. The zero-order valence-electron chi connectivity index (χ0n) is 13.8. The van der Waals surface area contributed by atoms with Crippen molar-refractivity contribution in [1.82, 2.24) is 10.2 Å². The lowest BCUT2D eigenvalue weighted by Crippen LogP contribution is -2.07. The van der Waals surface area contributed by atoms with Gasteiger partial charge >= 0.3 is 0 Å². The van der Waals surface area contributed by atoms with Crippen LogP contribution in [0.5, 0.6) is 0 Å². The number of hydrogen-bond acceptors (Lipinski definition) is 4. The summed E-state index contributed by atoms with van der Waals surface area (Å²) in [5, 5.41) is 14.9. The van der Waals surface area contributed by atoms with Crippen LogP contribution in [0.25, 0.3) is 10.8 Å². The third-order valence-electron chi connectivity index (χ3n) is 4.01. The van der Waals surface area contributed by atoms with Gasteiger partial charge in [0.15, 0.2) is 11.0 Å². The first-order valence-corrected chi connectivity index (χ1v) is 8.56. The summed E-state index contributed by atoms with van der Waals surface area (Å²) in [5.41, 5.74) is 5.92. The summed E-state index contributed by atoms with van der Waals surface area (Å²) in [6, 6.07) is 27.8. The van der Waals surface area contributed by atoms with Gasteiger partial charge in [-0.25, -0.2) is 0 Å². The van der Waals surface area contributed by atoms with Crippen molar-refractivity contribution in [3.05, 3.63) is 101 Å². The van der Waals surface area contributed by atoms with Crippen molar-refractivity contribution in [2.75, 3.05) is 5.43 Å². The average Bonchev–Trinajstić information content (AvgIpc) is 2.71. The Morgan fingerprint density at radius 3 is 1.85 bits per heavy atom. The molecular formula is C21H15ClN4. The molecule has 0 amide bonds. The molecule has 26 heavy (non-hydrogen) atoms. The van der Waals surface area contributed by atoms with Crippen molar-refractivity contribution in [2.24, 2.45) is 5.10 Å². The molecule has 0 bridgehead atoms. The Kier molecular flexibility index (Phi) is 4.58. The van der Waals surface area contributed by atoms with Crippen LogP contribution in [0.4, 0.5) is 5.82 Å². The van der Waals surface area contributed by atoms with Crippen LogP contribution in [0.2, 0.25) is 5.15 Å². The first-order chi connectivity index (χ1) is 12.8.